The maximum Gasteiger partial charge on any atom is 0.307 e. The van der Waals surface area contributed by atoms with E-state index in [2.05, 4.69) is 15.0 Å². The third-order valence-electron chi connectivity index (χ3n) is 9.46. The number of carbonyl (C=O) groups excluding carboxylic acids is 4. The Labute approximate surface area is 333 Å². The highest BCUT2D eigenvalue weighted by Gasteiger charge is 2.31. The minimum Gasteiger partial charge on any atom is -0.461 e. The molecule has 1 heterocycles. The lowest BCUT2D eigenvalue weighted by Crippen LogP contribution is -2.48. The van der Waals surface area contributed by atoms with Gasteiger partial charge in [-0.25, -0.2) is 13.1 Å². The van der Waals surface area contributed by atoms with Gasteiger partial charge >= 0.3 is 5.97 Å². The van der Waals surface area contributed by atoms with Crippen molar-refractivity contribution >= 4 is 45.4 Å². The van der Waals surface area contributed by atoms with Crippen LogP contribution in [0.25, 0.3) is 0 Å². The smallest absolute Gasteiger partial charge is 0.307 e. The van der Waals surface area contributed by atoms with Crippen molar-refractivity contribution < 1.29 is 32.3 Å². The zero-order chi connectivity index (χ0) is 40.8. The van der Waals surface area contributed by atoms with E-state index in [-0.39, 0.29) is 61.6 Å². The maximum atomic E-state index is 13.9. The van der Waals surface area contributed by atoms with E-state index in [1.807, 2.05) is 67.6 Å². The Morgan fingerprint density at radius 2 is 1.56 bits per heavy atom. The molecule has 57 heavy (non-hydrogen) atoms. The minimum atomic E-state index is -3.95. The number of ether oxygens (including phenoxy) is 1. The Hall–Kier alpha value is -6.28. The lowest BCUT2D eigenvalue weighted by atomic mass is 10.0. The molecule has 0 spiro atoms. The zero-order valence-electron chi connectivity index (χ0n) is 32.0. The van der Waals surface area contributed by atoms with Gasteiger partial charge in [-0.05, 0) is 68.1 Å². The molecule has 0 bridgehead atoms. The first kappa shape index (κ1) is 41.9. The highest BCUT2D eigenvalue weighted by Crippen LogP contribution is 2.25. The molecule has 14 heteroatoms. The second-order valence-electron chi connectivity index (χ2n) is 13.7. The van der Waals surface area contributed by atoms with Crippen molar-refractivity contribution in [3.05, 3.63) is 144 Å². The number of nitrogens with zero attached hydrogens (tertiary/aromatic N) is 3. The second-order valence-corrected chi connectivity index (χ2v) is 15.4. The van der Waals surface area contributed by atoms with Gasteiger partial charge in [0.05, 0.1) is 17.2 Å². The number of para-hydroxylation sites is 1. The normalized spacial score (nSPS) is 15.2. The highest BCUT2D eigenvalue weighted by atomic mass is 32.2. The van der Waals surface area contributed by atoms with Crippen LogP contribution in [0.4, 0.5) is 5.69 Å². The average Bonchev–Trinajstić information content (AvgIpc) is 3.37. The summed E-state index contributed by atoms with van der Waals surface area (Å²) in [4.78, 5) is 61.6. The molecule has 1 unspecified atom stereocenters. The first-order chi connectivity index (χ1) is 27.4. The number of anilines is 1. The van der Waals surface area contributed by atoms with Crippen LogP contribution in [0.5, 0.6) is 0 Å². The van der Waals surface area contributed by atoms with Gasteiger partial charge in [0, 0.05) is 37.9 Å². The summed E-state index contributed by atoms with van der Waals surface area (Å²) in [6.45, 7) is 2.39. The Kier molecular flexibility index (Phi) is 14.7. The number of hydrogen-bond acceptors (Lipinski definition) is 8. The van der Waals surface area contributed by atoms with E-state index in [4.69, 9.17) is 10.5 Å². The number of guanidine groups is 1. The number of nitrogens with one attached hydrogen (secondary N) is 2. The van der Waals surface area contributed by atoms with Crippen LogP contribution in [-0.4, -0.2) is 75.7 Å². The van der Waals surface area contributed by atoms with E-state index in [0.29, 0.717) is 24.2 Å². The van der Waals surface area contributed by atoms with Gasteiger partial charge in [0.2, 0.25) is 17.8 Å². The Bertz CT molecular complexity index is 2160. The van der Waals surface area contributed by atoms with Crippen LogP contribution < -0.4 is 20.7 Å². The largest absolute Gasteiger partial charge is 0.461 e. The van der Waals surface area contributed by atoms with E-state index in [1.165, 1.54) is 17.0 Å². The summed E-state index contributed by atoms with van der Waals surface area (Å²) in [5, 5.41) is 2.96. The fourth-order valence-electron chi connectivity index (χ4n) is 6.31. The number of rotatable bonds is 16. The van der Waals surface area contributed by atoms with Crippen LogP contribution in [0.15, 0.2) is 137 Å². The van der Waals surface area contributed by atoms with Gasteiger partial charge in [-0.1, -0.05) is 96.1 Å². The van der Waals surface area contributed by atoms with Crippen molar-refractivity contribution in [3.63, 3.8) is 0 Å². The molecule has 1 aliphatic rings. The standard InChI is InChI=1S/C43H48N6O7S/c1-31-20-22-37(23-21-31)57(54,55)47-43(44)45-25-12-19-38(48(2)41(52)34-15-8-4-9-16-34)40(51)46-29-33-24-26-49(36-17-10-5-11-18-36)42(53)35(27-33)28-39(50)56-30-32-13-6-3-7-14-32/h3-11,13-18,20-23,27,35,38H,12,19,24-26,28-30H2,1-2H3,(H,46,51)(H3,44,45,47)/t35?,38-/m0/s1. The Morgan fingerprint density at radius 3 is 2.23 bits per heavy atom. The van der Waals surface area contributed by atoms with Crippen molar-refractivity contribution in [2.75, 3.05) is 31.6 Å². The van der Waals surface area contributed by atoms with E-state index >= 15 is 0 Å². The summed E-state index contributed by atoms with van der Waals surface area (Å²) < 4.78 is 33.3. The number of esters is 1. The minimum absolute atomic E-state index is 0.0410. The summed E-state index contributed by atoms with van der Waals surface area (Å²) in [7, 11) is -2.40. The molecule has 0 aliphatic carbocycles. The van der Waals surface area contributed by atoms with E-state index in [9.17, 15) is 27.6 Å². The predicted octanol–water partition coefficient (Wildman–Crippen LogP) is 4.74. The van der Waals surface area contributed by atoms with Gasteiger partial charge in [-0.2, -0.15) is 0 Å². The Balaban J connectivity index is 1.28. The van der Waals surface area contributed by atoms with Gasteiger partial charge in [-0.15, -0.1) is 0 Å². The molecule has 0 saturated carbocycles. The molecule has 3 amide bonds. The second kappa shape index (κ2) is 20.1. The summed E-state index contributed by atoms with van der Waals surface area (Å²) in [6, 6.07) is 32.4. The Morgan fingerprint density at radius 1 is 0.930 bits per heavy atom. The molecule has 4 N–H and O–H groups in total. The summed E-state index contributed by atoms with van der Waals surface area (Å²) in [5.74, 6) is -2.73. The molecule has 4 aromatic carbocycles. The molecule has 4 aromatic rings. The van der Waals surface area contributed by atoms with Crippen LogP contribution in [-0.2, 0) is 35.8 Å². The third kappa shape index (κ3) is 12.1. The van der Waals surface area contributed by atoms with Crippen LogP contribution in [0, 0.1) is 12.8 Å². The number of carbonyl (C=O) groups is 4. The summed E-state index contributed by atoms with van der Waals surface area (Å²) in [6.07, 6.45) is 2.43. The molecule has 0 saturated heterocycles. The molecule has 0 fully saturated rings. The van der Waals surface area contributed by atoms with Crippen molar-refractivity contribution in [2.45, 2.75) is 50.2 Å². The van der Waals surface area contributed by atoms with Gasteiger partial charge < -0.3 is 25.6 Å². The first-order valence-electron chi connectivity index (χ1n) is 18.7. The number of amides is 3. The third-order valence-corrected chi connectivity index (χ3v) is 10.8. The van der Waals surface area contributed by atoms with Crippen LogP contribution >= 0.6 is 0 Å². The lowest BCUT2D eigenvalue weighted by molar-refractivity contribution is -0.147. The van der Waals surface area contributed by atoms with Gasteiger partial charge in [0.15, 0.2) is 0 Å². The number of likely N-dealkylation sites (N-methyl/N-ethyl adjacent to an activating group) is 1. The van der Waals surface area contributed by atoms with Crippen LogP contribution in [0.2, 0.25) is 0 Å². The molecule has 2 atom stereocenters. The molecule has 298 valence electrons. The lowest BCUT2D eigenvalue weighted by Gasteiger charge is -2.27. The molecule has 1 aliphatic heterocycles. The molecule has 0 aromatic heterocycles. The van der Waals surface area contributed by atoms with Crippen molar-refractivity contribution in [3.8, 4) is 0 Å². The highest BCUT2D eigenvalue weighted by molar-refractivity contribution is 7.90. The topological polar surface area (TPSA) is 181 Å². The number of benzene rings is 4. The SMILES string of the molecule is Cc1ccc(S(=O)(=O)NC(N)=NCCC[C@@H](C(=O)NCC2=CC(CC(=O)OCc3ccccc3)C(=O)N(c3ccccc3)CC2)N(C)C(=O)c2ccccc2)cc1. The van der Waals surface area contributed by atoms with Gasteiger partial charge in [-0.3, -0.25) is 24.2 Å². The number of sulfonamides is 1. The van der Waals surface area contributed by atoms with Gasteiger partial charge in [0.1, 0.15) is 12.6 Å². The molecular formula is C43H48N6O7S. The molecule has 5 rings (SSSR count). The summed E-state index contributed by atoms with van der Waals surface area (Å²) >= 11 is 0. The van der Waals surface area contributed by atoms with Crippen molar-refractivity contribution in [1.82, 2.24) is 14.9 Å². The molecule has 13 nitrogen and oxygen atoms in total. The number of nitrogens with two attached hydrogens (primary N) is 1. The molecule has 0 radical (unpaired) electrons. The van der Waals surface area contributed by atoms with Crippen molar-refractivity contribution in [1.29, 1.82) is 0 Å². The number of hydrogen-bond donors (Lipinski definition) is 3. The predicted molar refractivity (Wildman–Crippen MR) is 218 cm³/mol. The fraction of sp³-hybridized carbons (Fsp3) is 0.279. The molecular weight excluding hydrogens is 745 g/mol. The van der Waals surface area contributed by atoms with Crippen molar-refractivity contribution in [2.24, 2.45) is 16.6 Å². The van der Waals surface area contributed by atoms with E-state index < -0.39 is 33.9 Å². The monoisotopic (exact) mass is 792 g/mol. The van der Waals surface area contributed by atoms with Crippen LogP contribution in [0.3, 0.4) is 0 Å². The summed E-state index contributed by atoms with van der Waals surface area (Å²) in [5.41, 5.74) is 9.49. The quantitative estimate of drug-likeness (QED) is 0.0479. The zero-order valence-corrected chi connectivity index (χ0v) is 32.9. The average molecular weight is 793 g/mol. The first-order valence-corrected chi connectivity index (χ1v) is 20.1. The van der Waals surface area contributed by atoms with E-state index in [1.54, 1.807) is 60.5 Å². The number of aryl methyl sites for hydroxylation is 1. The van der Waals surface area contributed by atoms with Gasteiger partial charge in [0.25, 0.3) is 15.9 Å². The maximum absolute atomic E-state index is 13.9. The fourth-order valence-corrected chi connectivity index (χ4v) is 7.27. The number of aliphatic imine (C=N–C) groups is 1. The van der Waals surface area contributed by atoms with Crippen LogP contribution in [0.1, 0.15) is 47.2 Å². The van der Waals surface area contributed by atoms with E-state index in [0.717, 1.165) is 16.7 Å².